The highest BCUT2D eigenvalue weighted by Gasteiger charge is 1.99. The number of hydrogen-bond donors (Lipinski definition) is 1. The highest BCUT2D eigenvalue weighted by molar-refractivity contribution is 8.18. The molecule has 0 saturated carbocycles. The van der Waals surface area contributed by atoms with Crippen molar-refractivity contribution in [1.82, 2.24) is 0 Å². The standard InChI is InChI=1S/C3H8O4S2/c1-8(4,5)3-9(2,6)7/h3H,1-2H3,(H,4,5). The van der Waals surface area contributed by atoms with Crippen molar-refractivity contribution >= 4 is 24.3 Å². The summed E-state index contributed by atoms with van der Waals surface area (Å²) in [5.74, 6) is 0. The zero-order valence-corrected chi connectivity index (χ0v) is 6.70. The van der Waals surface area contributed by atoms with Crippen LogP contribution >= 0.6 is 0 Å². The first-order chi connectivity index (χ1) is 3.71. The molecule has 0 aromatic heterocycles. The van der Waals surface area contributed by atoms with Crippen molar-refractivity contribution in [3.8, 4) is 0 Å². The van der Waals surface area contributed by atoms with Gasteiger partial charge >= 0.3 is 0 Å². The maximum atomic E-state index is 10.3. The van der Waals surface area contributed by atoms with Crippen molar-refractivity contribution < 1.29 is 17.2 Å². The fraction of sp³-hybridized carbons (Fsp3) is 0.667. The molecule has 0 aliphatic heterocycles. The van der Waals surface area contributed by atoms with Crippen LogP contribution in [-0.4, -0.2) is 34.4 Å². The average molecular weight is 172 g/mol. The summed E-state index contributed by atoms with van der Waals surface area (Å²) in [5, 5.41) is 0. The summed E-state index contributed by atoms with van der Waals surface area (Å²) >= 11 is 0. The summed E-state index contributed by atoms with van der Waals surface area (Å²) in [7, 11) is -6.68. The van der Waals surface area contributed by atoms with Crippen LogP contribution in [0.15, 0.2) is 0 Å². The Balaban J connectivity index is 5.01. The molecule has 0 radical (unpaired) electrons. The molecule has 0 spiro atoms. The van der Waals surface area contributed by atoms with E-state index in [0.29, 0.717) is 4.70 Å². The number of hydrogen-bond acceptors (Lipinski definition) is 3. The Morgan fingerprint density at radius 3 is 1.56 bits per heavy atom. The van der Waals surface area contributed by atoms with Crippen LogP contribution in [0.1, 0.15) is 0 Å². The lowest BCUT2D eigenvalue weighted by atomic mass is 11.9. The van der Waals surface area contributed by atoms with Gasteiger partial charge in [-0.05, 0) is 0 Å². The lowest BCUT2D eigenvalue weighted by Crippen LogP contribution is -2.07. The predicted octanol–water partition coefficient (Wildman–Crippen LogP) is -0.822. The summed E-state index contributed by atoms with van der Waals surface area (Å²) < 4.78 is 39.7. The van der Waals surface area contributed by atoms with Gasteiger partial charge in [-0.1, -0.05) is 0 Å². The highest BCUT2D eigenvalue weighted by Crippen LogP contribution is 1.80. The molecule has 0 aliphatic rings. The van der Waals surface area contributed by atoms with Gasteiger partial charge in [-0.2, -0.15) is 0 Å². The molecule has 0 aliphatic carbocycles. The Labute approximate surface area is 54.6 Å². The van der Waals surface area contributed by atoms with Crippen molar-refractivity contribution in [2.24, 2.45) is 0 Å². The summed E-state index contributed by atoms with van der Waals surface area (Å²) in [4.78, 5) is 0. The smallest absolute Gasteiger partial charge is 0.178 e. The van der Waals surface area contributed by atoms with E-state index in [4.69, 9.17) is 4.55 Å². The topological polar surface area (TPSA) is 71.4 Å². The van der Waals surface area contributed by atoms with Crippen LogP contribution in [0.3, 0.4) is 0 Å². The molecule has 0 heterocycles. The SMILES string of the molecule is CS(=O)(=O)C=S(C)(=O)O. The van der Waals surface area contributed by atoms with Crippen LogP contribution in [0.5, 0.6) is 0 Å². The normalized spacial score (nSPS) is 18.6. The second-order valence-corrected chi connectivity index (χ2v) is 5.94. The minimum atomic E-state index is -3.43. The van der Waals surface area contributed by atoms with E-state index in [0.717, 1.165) is 12.5 Å². The maximum Gasteiger partial charge on any atom is 0.178 e. The van der Waals surface area contributed by atoms with Gasteiger partial charge in [0.1, 0.15) is 4.70 Å². The van der Waals surface area contributed by atoms with Gasteiger partial charge in [0.25, 0.3) is 0 Å². The third kappa shape index (κ3) is 7.93. The molecule has 9 heavy (non-hydrogen) atoms. The van der Waals surface area contributed by atoms with Gasteiger partial charge in [0.05, 0.1) is 9.80 Å². The Hall–Kier alpha value is -0.0700. The molecular formula is C3H8O4S2. The molecule has 6 heteroatoms. The molecular weight excluding hydrogens is 164 g/mol. The van der Waals surface area contributed by atoms with Gasteiger partial charge in [0.15, 0.2) is 9.84 Å². The van der Waals surface area contributed by atoms with Gasteiger partial charge in [0.2, 0.25) is 0 Å². The minimum Gasteiger partial charge on any atom is -0.313 e. The molecule has 1 atom stereocenters. The van der Waals surface area contributed by atoms with Crippen LogP contribution < -0.4 is 0 Å². The van der Waals surface area contributed by atoms with Gasteiger partial charge in [0, 0.05) is 12.5 Å². The summed E-state index contributed by atoms with van der Waals surface area (Å²) in [6, 6.07) is 0. The Morgan fingerprint density at radius 1 is 1.22 bits per heavy atom. The van der Waals surface area contributed by atoms with Gasteiger partial charge in [-0.15, -0.1) is 0 Å². The molecule has 1 N–H and O–H groups in total. The quantitative estimate of drug-likeness (QED) is 0.524. The van der Waals surface area contributed by atoms with Crippen molar-refractivity contribution in [1.29, 1.82) is 0 Å². The summed E-state index contributed by atoms with van der Waals surface area (Å²) in [6.45, 7) is 0. The second kappa shape index (κ2) is 2.28. The lowest BCUT2D eigenvalue weighted by Gasteiger charge is -1.89. The van der Waals surface area contributed by atoms with Crippen molar-refractivity contribution in [3.05, 3.63) is 0 Å². The number of sulfone groups is 1. The summed E-state index contributed by atoms with van der Waals surface area (Å²) in [6.07, 6.45) is 1.81. The Morgan fingerprint density at radius 2 is 1.56 bits per heavy atom. The average Bonchev–Trinajstić information content (AvgIpc) is 1.14. The fourth-order valence-electron chi connectivity index (χ4n) is 0.324. The van der Waals surface area contributed by atoms with Gasteiger partial charge < -0.3 is 4.55 Å². The van der Waals surface area contributed by atoms with Crippen LogP contribution in [0.2, 0.25) is 0 Å². The molecule has 0 rings (SSSR count). The fourth-order valence-corrected chi connectivity index (χ4v) is 2.92. The second-order valence-electron chi connectivity index (χ2n) is 1.79. The molecule has 0 saturated heterocycles. The molecule has 1 unspecified atom stereocenters. The predicted molar refractivity (Wildman–Crippen MR) is 37.6 cm³/mol. The number of rotatable bonds is 1. The van der Waals surface area contributed by atoms with E-state index in [-0.39, 0.29) is 0 Å². The Kier molecular flexibility index (Phi) is 2.26. The van der Waals surface area contributed by atoms with E-state index < -0.39 is 19.6 Å². The molecule has 0 amide bonds. The van der Waals surface area contributed by atoms with E-state index in [9.17, 15) is 12.6 Å². The maximum absolute atomic E-state index is 10.3. The van der Waals surface area contributed by atoms with Crippen LogP contribution in [-0.2, 0) is 19.6 Å². The molecule has 4 nitrogen and oxygen atoms in total. The largest absolute Gasteiger partial charge is 0.313 e. The van der Waals surface area contributed by atoms with Crippen LogP contribution in [0.4, 0.5) is 0 Å². The molecule has 0 aromatic rings. The zero-order valence-electron chi connectivity index (χ0n) is 5.07. The minimum absolute atomic E-state index is 0.431. The molecule has 56 valence electrons. The van der Waals surface area contributed by atoms with E-state index in [1.807, 2.05) is 0 Å². The zero-order chi connectivity index (χ0) is 7.71. The van der Waals surface area contributed by atoms with E-state index in [1.165, 1.54) is 0 Å². The van der Waals surface area contributed by atoms with Gasteiger partial charge in [-0.3, -0.25) is 0 Å². The van der Waals surface area contributed by atoms with E-state index in [1.54, 1.807) is 0 Å². The summed E-state index contributed by atoms with van der Waals surface area (Å²) in [5.41, 5.74) is 0. The van der Waals surface area contributed by atoms with Gasteiger partial charge in [-0.25, -0.2) is 12.6 Å². The van der Waals surface area contributed by atoms with Crippen LogP contribution in [0, 0.1) is 0 Å². The molecule has 0 bridgehead atoms. The van der Waals surface area contributed by atoms with Crippen molar-refractivity contribution in [2.45, 2.75) is 0 Å². The molecule has 0 aromatic carbocycles. The first kappa shape index (κ1) is 8.93. The lowest BCUT2D eigenvalue weighted by molar-refractivity contribution is 0.566. The van der Waals surface area contributed by atoms with E-state index >= 15 is 0 Å². The van der Waals surface area contributed by atoms with Crippen molar-refractivity contribution in [3.63, 3.8) is 0 Å². The first-order valence-electron chi connectivity index (χ1n) is 1.97. The first-order valence-corrected chi connectivity index (χ1v) is 5.91. The molecule has 0 fully saturated rings. The monoisotopic (exact) mass is 172 g/mol. The third-order valence-corrected chi connectivity index (χ3v) is 3.18. The van der Waals surface area contributed by atoms with E-state index in [2.05, 4.69) is 0 Å². The Bertz CT molecular complexity index is 282. The highest BCUT2D eigenvalue weighted by atomic mass is 32.3. The van der Waals surface area contributed by atoms with Crippen LogP contribution in [0.25, 0.3) is 0 Å². The van der Waals surface area contributed by atoms with Crippen molar-refractivity contribution in [2.75, 3.05) is 12.5 Å². The third-order valence-electron chi connectivity index (χ3n) is 0.353.